The molecular formula is C20H35N5O3+2. The molecule has 1 aromatic rings. The molecule has 156 valence electrons. The number of benzene rings is 1. The van der Waals surface area contributed by atoms with Crippen LogP contribution in [0, 0.1) is 0 Å². The van der Waals surface area contributed by atoms with Crippen LogP contribution in [0.2, 0.25) is 0 Å². The molecule has 1 fully saturated rings. The number of carbonyl (C=O) groups excluding carboxylic acids is 2. The van der Waals surface area contributed by atoms with Gasteiger partial charge < -0.3 is 30.1 Å². The summed E-state index contributed by atoms with van der Waals surface area (Å²) in [6, 6.07) is 8.46. The van der Waals surface area contributed by atoms with Crippen LogP contribution in [-0.4, -0.2) is 85.9 Å². The molecule has 1 aromatic carbocycles. The highest BCUT2D eigenvalue weighted by atomic mass is 16.5. The molecule has 0 radical (unpaired) electrons. The Kier molecular flexibility index (Phi) is 8.69. The van der Waals surface area contributed by atoms with Gasteiger partial charge in [0.05, 0.1) is 46.9 Å². The lowest BCUT2D eigenvalue weighted by atomic mass is 10.0. The third-order valence-corrected chi connectivity index (χ3v) is 5.02. The molecule has 1 aliphatic rings. The van der Waals surface area contributed by atoms with Crippen LogP contribution < -0.4 is 25.3 Å². The van der Waals surface area contributed by atoms with Crippen LogP contribution in [0.1, 0.15) is 11.6 Å². The van der Waals surface area contributed by atoms with Crippen LogP contribution in [0.25, 0.3) is 0 Å². The first-order valence-corrected chi connectivity index (χ1v) is 9.93. The average molecular weight is 394 g/mol. The molecule has 2 rings (SSSR count). The molecular weight excluding hydrogens is 358 g/mol. The molecule has 28 heavy (non-hydrogen) atoms. The third kappa shape index (κ3) is 6.78. The van der Waals surface area contributed by atoms with Crippen LogP contribution in [-0.2, 0) is 14.3 Å². The molecule has 2 amide bonds. The summed E-state index contributed by atoms with van der Waals surface area (Å²) in [6.45, 7) is 4.87. The number of carbonyl (C=O) groups is 2. The van der Waals surface area contributed by atoms with Gasteiger partial charge in [-0.2, -0.15) is 0 Å². The average Bonchev–Trinajstić information content (AvgIpc) is 2.68. The van der Waals surface area contributed by atoms with E-state index in [-0.39, 0.29) is 6.04 Å². The first-order chi connectivity index (χ1) is 13.4. The molecule has 0 aromatic heterocycles. The van der Waals surface area contributed by atoms with Gasteiger partial charge in [-0.1, -0.05) is 12.1 Å². The van der Waals surface area contributed by atoms with Crippen LogP contribution in [0.15, 0.2) is 24.3 Å². The number of amides is 2. The van der Waals surface area contributed by atoms with Crippen molar-refractivity contribution in [2.75, 3.05) is 79.0 Å². The van der Waals surface area contributed by atoms with E-state index in [0.717, 1.165) is 30.9 Å². The number of nitrogens with zero attached hydrogens (tertiary/aromatic N) is 1. The van der Waals surface area contributed by atoms with Crippen LogP contribution in [0.5, 0.6) is 0 Å². The van der Waals surface area contributed by atoms with E-state index >= 15 is 0 Å². The van der Waals surface area contributed by atoms with E-state index in [1.54, 1.807) is 0 Å². The van der Waals surface area contributed by atoms with Gasteiger partial charge in [0.25, 0.3) is 0 Å². The molecule has 1 saturated heterocycles. The number of hydrogen-bond donors (Lipinski definition) is 4. The Morgan fingerprint density at radius 2 is 1.71 bits per heavy atom. The predicted molar refractivity (Wildman–Crippen MR) is 109 cm³/mol. The number of hydrogen-bond acceptors (Lipinski definition) is 4. The number of morpholine rings is 1. The summed E-state index contributed by atoms with van der Waals surface area (Å²) in [5.74, 6) is -1.14. The topological polar surface area (TPSA) is 79.6 Å². The monoisotopic (exact) mass is 393 g/mol. The molecule has 8 heteroatoms. The van der Waals surface area contributed by atoms with Crippen molar-refractivity contribution >= 4 is 17.5 Å². The summed E-state index contributed by atoms with van der Waals surface area (Å²) in [6.07, 6.45) is 0. The van der Waals surface area contributed by atoms with Gasteiger partial charge in [0, 0.05) is 25.3 Å². The quantitative estimate of drug-likeness (QED) is 0.357. The van der Waals surface area contributed by atoms with Gasteiger partial charge in [-0.15, -0.1) is 0 Å². The fourth-order valence-corrected chi connectivity index (χ4v) is 3.27. The Morgan fingerprint density at radius 3 is 2.29 bits per heavy atom. The van der Waals surface area contributed by atoms with E-state index in [0.29, 0.717) is 26.3 Å². The van der Waals surface area contributed by atoms with E-state index < -0.39 is 11.8 Å². The van der Waals surface area contributed by atoms with Gasteiger partial charge in [-0.25, -0.2) is 0 Å². The van der Waals surface area contributed by atoms with E-state index in [9.17, 15) is 9.59 Å². The summed E-state index contributed by atoms with van der Waals surface area (Å²) >= 11 is 0. The normalized spacial score (nSPS) is 15.9. The van der Waals surface area contributed by atoms with Crippen molar-refractivity contribution in [1.82, 2.24) is 10.6 Å². The summed E-state index contributed by atoms with van der Waals surface area (Å²) in [4.78, 5) is 28.9. The summed E-state index contributed by atoms with van der Waals surface area (Å²) in [5, 5.41) is 5.50. The molecule has 8 nitrogen and oxygen atoms in total. The highest BCUT2D eigenvalue weighted by Gasteiger charge is 2.27. The second kappa shape index (κ2) is 11.0. The van der Waals surface area contributed by atoms with Crippen molar-refractivity contribution in [2.45, 2.75) is 6.04 Å². The van der Waals surface area contributed by atoms with Crippen molar-refractivity contribution in [3.63, 3.8) is 0 Å². The lowest BCUT2D eigenvalue weighted by molar-refractivity contribution is -0.937. The second-order valence-corrected chi connectivity index (χ2v) is 7.73. The zero-order valence-electron chi connectivity index (χ0n) is 17.5. The Labute approximate surface area is 167 Å². The highest BCUT2D eigenvalue weighted by molar-refractivity contribution is 6.35. The van der Waals surface area contributed by atoms with Crippen molar-refractivity contribution in [3.05, 3.63) is 29.8 Å². The maximum absolute atomic E-state index is 12.2. The van der Waals surface area contributed by atoms with Crippen LogP contribution >= 0.6 is 0 Å². The largest absolute Gasteiger partial charge is 0.378 e. The lowest BCUT2D eigenvalue weighted by Crippen LogP contribution is -3.15. The Hall–Kier alpha value is -2.16. The molecule has 1 atom stereocenters. The molecule has 0 saturated carbocycles. The zero-order chi connectivity index (χ0) is 20.5. The van der Waals surface area contributed by atoms with Gasteiger partial charge in [-0.05, 0) is 12.1 Å². The van der Waals surface area contributed by atoms with Crippen molar-refractivity contribution in [1.29, 1.82) is 0 Å². The minimum absolute atomic E-state index is 0.0862. The number of nitrogens with one attached hydrogen (secondary N) is 4. The maximum atomic E-state index is 12.2. The number of anilines is 1. The van der Waals surface area contributed by atoms with Crippen LogP contribution in [0.3, 0.4) is 0 Å². The standard InChI is InChI=1S/C20H33N5O3/c1-23(2)10-9-21-19(26)20(27)22-15-18(25-11-13-28-14-12-25)16-5-7-17(8-6-16)24(3)4/h5-8,18H,9-15H2,1-4H3,(H,21,26)(H,22,27)/p+2/t18-/m0/s1. The number of ether oxygens (including phenoxy) is 1. The number of likely N-dealkylation sites (N-methyl/N-ethyl adjacent to an activating group) is 1. The first kappa shape index (κ1) is 22.1. The zero-order valence-corrected chi connectivity index (χ0v) is 17.5. The van der Waals surface area contributed by atoms with Gasteiger partial charge in [0.15, 0.2) is 0 Å². The second-order valence-electron chi connectivity index (χ2n) is 7.73. The number of rotatable bonds is 8. The van der Waals surface area contributed by atoms with Crippen LogP contribution in [0.4, 0.5) is 5.69 Å². The molecule has 0 unspecified atom stereocenters. The predicted octanol–water partition coefficient (Wildman–Crippen LogP) is -2.91. The van der Waals surface area contributed by atoms with Gasteiger partial charge in [0.1, 0.15) is 19.1 Å². The smallest absolute Gasteiger partial charge is 0.309 e. The van der Waals surface area contributed by atoms with Gasteiger partial charge in [0.2, 0.25) is 0 Å². The fraction of sp³-hybridized carbons (Fsp3) is 0.600. The highest BCUT2D eigenvalue weighted by Crippen LogP contribution is 2.16. The minimum atomic E-state index is -0.573. The van der Waals surface area contributed by atoms with Gasteiger partial charge >= 0.3 is 11.8 Å². The molecule has 4 N–H and O–H groups in total. The Balaban J connectivity index is 1.99. The molecule has 0 spiro atoms. The molecule has 1 heterocycles. The first-order valence-electron chi connectivity index (χ1n) is 9.93. The summed E-state index contributed by atoms with van der Waals surface area (Å²) in [7, 11) is 8.03. The maximum Gasteiger partial charge on any atom is 0.309 e. The van der Waals surface area contributed by atoms with E-state index in [1.165, 1.54) is 9.80 Å². The molecule has 0 bridgehead atoms. The van der Waals surface area contributed by atoms with E-state index in [4.69, 9.17) is 4.74 Å². The fourth-order valence-electron chi connectivity index (χ4n) is 3.27. The van der Waals surface area contributed by atoms with Crippen molar-refractivity contribution < 1.29 is 24.1 Å². The minimum Gasteiger partial charge on any atom is -0.378 e. The lowest BCUT2D eigenvalue weighted by Gasteiger charge is -2.32. The summed E-state index contributed by atoms with van der Waals surface area (Å²) in [5.41, 5.74) is 2.28. The van der Waals surface area contributed by atoms with Crippen molar-refractivity contribution in [2.24, 2.45) is 0 Å². The van der Waals surface area contributed by atoms with E-state index in [1.807, 2.05) is 28.2 Å². The molecule has 1 aliphatic heterocycles. The van der Waals surface area contributed by atoms with Crippen molar-refractivity contribution in [3.8, 4) is 0 Å². The van der Waals surface area contributed by atoms with E-state index in [2.05, 4.69) is 39.8 Å². The number of quaternary nitrogens is 2. The summed E-state index contributed by atoms with van der Waals surface area (Å²) < 4.78 is 5.48. The molecule has 0 aliphatic carbocycles. The third-order valence-electron chi connectivity index (χ3n) is 5.02. The van der Waals surface area contributed by atoms with Gasteiger partial charge in [-0.3, -0.25) is 9.59 Å². The Bertz CT molecular complexity index is 627. The Morgan fingerprint density at radius 1 is 1.11 bits per heavy atom. The SMILES string of the molecule is CN(C)c1ccc([C@H](CNC(=O)C(=O)NCC[NH+](C)C)[NH+]2CCOCC2)cc1.